The van der Waals surface area contributed by atoms with E-state index in [4.69, 9.17) is 4.74 Å². The van der Waals surface area contributed by atoms with Gasteiger partial charge in [0.15, 0.2) is 0 Å². The Hall–Kier alpha value is -0.910. The van der Waals surface area contributed by atoms with Gasteiger partial charge in [0.1, 0.15) is 17.7 Å². The van der Waals surface area contributed by atoms with Gasteiger partial charge in [0.25, 0.3) is 0 Å². The molecule has 0 aliphatic rings. The van der Waals surface area contributed by atoms with Gasteiger partial charge in [-0.2, -0.15) is 0 Å². The maximum atomic E-state index is 13.5. The first-order valence-corrected chi connectivity index (χ1v) is 7.49. The molecular formula is C15H13Br2FO2. The van der Waals surface area contributed by atoms with Gasteiger partial charge in [-0.05, 0) is 46.1 Å². The number of hydrogen-bond donors (Lipinski definition) is 1. The molecular weight excluding hydrogens is 391 g/mol. The Morgan fingerprint density at radius 3 is 2.45 bits per heavy atom. The Morgan fingerprint density at radius 1 is 1.15 bits per heavy atom. The van der Waals surface area contributed by atoms with Gasteiger partial charge >= 0.3 is 0 Å². The molecule has 0 saturated carbocycles. The van der Waals surface area contributed by atoms with Crippen molar-refractivity contribution in [2.24, 2.45) is 0 Å². The van der Waals surface area contributed by atoms with Gasteiger partial charge in [-0.15, -0.1) is 0 Å². The summed E-state index contributed by atoms with van der Waals surface area (Å²) in [6.45, 7) is 1.94. The Kier molecular flexibility index (Phi) is 4.83. The molecule has 20 heavy (non-hydrogen) atoms. The predicted octanol–water partition coefficient (Wildman–Crippen LogP) is 4.75. The van der Waals surface area contributed by atoms with Gasteiger partial charge in [0, 0.05) is 16.1 Å². The maximum Gasteiger partial charge on any atom is 0.141 e. The number of benzene rings is 2. The summed E-state index contributed by atoms with van der Waals surface area (Å²) in [5, 5.41) is 10.5. The van der Waals surface area contributed by atoms with Crippen molar-refractivity contribution < 1.29 is 14.2 Å². The third-order valence-electron chi connectivity index (χ3n) is 3.06. The van der Waals surface area contributed by atoms with E-state index in [1.165, 1.54) is 19.2 Å². The minimum absolute atomic E-state index is 0.293. The summed E-state index contributed by atoms with van der Waals surface area (Å²) < 4.78 is 19.9. The normalized spacial score (nSPS) is 12.3. The van der Waals surface area contributed by atoms with Crippen LogP contribution >= 0.6 is 31.9 Å². The molecule has 0 fully saturated rings. The third kappa shape index (κ3) is 3.05. The summed E-state index contributed by atoms with van der Waals surface area (Å²) in [5.74, 6) is -0.108. The van der Waals surface area contributed by atoms with E-state index in [2.05, 4.69) is 31.9 Å². The van der Waals surface area contributed by atoms with Crippen LogP contribution in [0.4, 0.5) is 4.39 Å². The molecule has 0 amide bonds. The van der Waals surface area contributed by atoms with Crippen LogP contribution in [0, 0.1) is 12.7 Å². The molecule has 106 valence electrons. The van der Waals surface area contributed by atoms with Gasteiger partial charge in [0.05, 0.1) is 11.6 Å². The Morgan fingerprint density at radius 2 is 1.85 bits per heavy atom. The number of halogens is 3. The zero-order chi connectivity index (χ0) is 14.9. The fourth-order valence-electron chi connectivity index (χ4n) is 1.95. The molecule has 1 atom stereocenters. The van der Waals surface area contributed by atoms with E-state index in [9.17, 15) is 9.50 Å². The number of aliphatic hydroxyl groups is 1. The first kappa shape index (κ1) is 15.5. The van der Waals surface area contributed by atoms with Crippen molar-refractivity contribution in [3.05, 3.63) is 61.8 Å². The third-order valence-corrected chi connectivity index (χ3v) is 4.56. The number of hydrogen-bond acceptors (Lipinski definition) is 2. The Labute approximate surface area is 133 Å². The lowest BCUT2D eigenvalue weighted by Crippen LogP contribution is -2.04. The minimum atomic E-state index is -0.881. The smallest absolute Gasteiger partial charge is 0.141 e. The highest BCUT2D eigenvalue weighted by molar-refractivity contribution is 9.10. The quantitative estimate of drug-likeness (QED) is 0.801. The molecule has 0 aliphatic carbocycles. The van der Waals surface area contributed by atoms with E-state index >= 15 is 0 Å². The summed E-state index contributed by atoms with van der Waals surface area (Å²) in [4.78, 5) is 0. The predicted molar refractivity (Wildman–Crippen MR) is 83.6 cm³/mol. The summed E-state index contributed by atoms with van der Waals surface area (Å²) in [5.41, 5.74) is 2.26. The van der Waals surface area contributed by atoms with Crippen LogP contribution in [0.2, 0.25) is 0 Å². The van der Waals surface area contributed by atoms with Gasteiger partial charge in [-0.1, -0.05) is 28.1 Å². The number of methoxy groups -OCH3 is 1. The zero-order valence-corrected chi connectivity index (χ0v) is 14.1. The molecule has 2 nitrogen and oxygen atoms in total. The lowest BCUT2D eigenvalue weighted by molar-refractivity contribution is 0.214. The first-order chi connectivity index (χ1) is 9.43. The molecule has 0 aliphatic heterocycles. The van der Waals surface area contributed by atoms with Crippen molar-refractivity contribution in [3.8, 4) is 5.75 Å². The van der Waals surface area contributed by atoms with Crippen molar-refractivity contribution in [2.45, 2.75) is 13.0 Å². The van der Waals surface area contributed by atoms with Crippen molar-refractivity contribution in [3.63, 3.8) is 0 Å². The molecule has 0 spiro atoms. The Balaban J connectivity index is 2.49. The second kappa shape index (κ2) is 6.24. The van der Waals surface area contributed by atoms with Crippen molar-refractivity contribution in [1.82, 2.24) is 0 Å². The molecule has 2 rings (SSSR count). The molecule has 2 aromatic carbocycles. The molecule has 1 N–H and O–H groups in total. The largest absolute Gasteiger partial charge is 0.496 e. The van der Waals surface area contributed by atoms with Crippen LogP contribution in [0.1, 0.15) is 22.8 Å². The molecule has 1 unspecified atom stereocenters. The maximum absolute atomic E-state index is 13.5. The van der Waals surface area contributed by atoms with E-state index in [0.717, 1.165) is 15.6 Å². The average Bonchev–Trinajstić information content (AvgIpc) is 2.43. The van der Waals surface area contributed by atoms with E-state index in [0.29, 0.717) is 15.8 Å². The second-order valence-corrected chi connectivity index (χ2v) is 6.13. The van der Waals surface area contributed by atoms with Crippen molar-refractivity contribution >= 4 is 31.9 Å². The number of aryl methyl sites for hydroxylation is 1. The van der Waals surface area contributed by atoms with E-state index in [1.807, 2.05) is 25.1 Å². The second-order valence-electron chi connectivity index (χ2n) is 4.42. The Bertz CT molecular complexity index is 644. The highest BCUT2D eigenvalue weighted by Crippen LogP contribution is 2.34. The first-order valence-electron chi connectivity index (χ1n) is 5.91. The zero-order valence-electron chi connectivity index (χ0n) is 11.0. The van der Waals surface area contributed by atoms with Crippen LogP contribution in [-0.2, 0) is 0 Å². The van der Waals surface area contributed by atoms with Crippen LogP contribution in [0.5, 0.6) is 5.75 Å². The van der Waals surface area contributed by atoms with Gasteiger partial charge < -0.3 is 9.84 Å². The van der Waals surface area contributed by atoms with Crippen molar-refractivity contribution in [1.29, 1.82) is 0 Å². The molecule has 0 bridgehead atoms. The number of ether oxygens (including phenoxy) is 1. The van der Waals surface area contributed by atoms with E-state index in [1.54, 1.807) is 0 Å². The SMILES string of the molecule is COc1cc(F)c(Br)cc1C(O)c1ccc(Br)c(C)c1. The number of rotatable bonds is 3. The van der Waals surface area contributed by atoms with E-state index < -0.39 is 11.9 Å². The molecule has 0 aromatic heterocycles. The highest BCUT2D eigenvalue weighted by atomic mass is 79.9. The molecule has 5 heteroatoms. The fraction of sp³-hybridized carbons (Fsp3) is 0.200. The summed E-state index contributed by atoms with van der Waals surface area (Å²) in [6, 6.07) is 8.37. The molecule has 0 heterocycles. The van der Waals surface area contributed by atoms with Crippen LogP contribution < -0.4 is 4.74 Å². The summed E-state index contributed by atoms with van der Waals surface area (Å²) in [7, 11) is 1.45. The van der Waals surface area contributed by atoms with Crippen molar-refractivity contribution in [2.75, 3.05) is 7.11 Å². The monoisotopic (exact) mass is 402 g/mol. The van der Waals surface area contributed by atoms with Crippen LogP contribution in [-0.4, -0.2) is 12.2 Å². The van der Waals surface area contributed by atoms with E-state index in [-0.39, 0.29) is 0 Å². The molecule has 0 radical (unpaired) electrons. The van der Waals surface area contributed by atoms with Gasteiger partial charge in [-0.25, -0.2) is 4.39 Å². The number of aliphatic hydroxyl groups excluding tert-OH is 1. The summed E-state index contributed by atoms with van der Waals surface area (Å²) in [6.07, 6.45) is -0.881. The molecule has 0 saturated heterocycles. The minimum Gasteiger partial charge on any atom is -0.496 e. The fourth-order valence-corrected chi connectivity index (χ4v) is 2.56. The lowest BCUT2D eigenvalue weighted by Gasteiger charge is -2.17. The van der Waals surface area contributed by atoms with Gasteiger partial charge in [0.2, 0.25) is 0 Å². The summed E-state index contributed by atoms with van der Waals surface area (Å²) >= 11 is 6.55. The highest BCUT2D eigenvalue weighted by Gasteiger charge is 2.18. The molecule has 2 aromatic rings. The van der Waals surface area contributed by atoms with Gasteiger partial charge in [-0.3, -0.25) is 0 Å². The van der Waals surface area contributed by atoms with Crippen LogP contribution in [0.15, 0.2) is 39.3 Å². The lowest BCUT2D eigenvalue weighted by atomic mass is 9.99. The topological polar surface area (TPSA) is 29.5 Å². The van der Waals surface area contributed by atoms with Crippen LogP contribution in [0.25, 0.3) is 0 Å². The average molecular weight is 404 g/mol. The standard InChI is InChI=1S/C15H13Br2FO2/c1-8-5-9(3-4-11(8)16)15(19)10-6-12(17)13(18)7-14(10)20-2/h3-7,15,19H,1-2H3. The van der Waals surface area contributed by atoms with Crippen LogP contribution in [0.3, 0.4) is 0 Å².